The number of halogens is 6. The first-order chi connectivity index (χ1) is 13.4. The Morgan fingerprint density at radius 1 is 1.00 bits per heavy atom. The van der Waals surface area contributed by atoms with Gasteiger partial charge in [-0.3, -0.25) is 10.1 Å². The number of hydrogen-bond donors (Lipinski definition) is 2. The summed E-state index contributed by atoms with van der Waals surface area (Å²) in [5.74, 6) is -1.07. The van der Waals surface area contributed by atoms with Gasteiger partial charge in [-0.15, -0.1) is 0 Å². The molecule has 0 aliphatic rings. The number of carbonyl (C=O) groups excluding carboxylic acids is 1. The Balaban J connectivity index is 2.13. The Bertz CT molecular complexity index is 804. The van der Waals surface area contributed by atoms with E-state index in [9.17, 15) is 36.2 Å². The van der Waals surface area contributed by atoms with E-state index in [1.807, 2.05) is 0 Å². The van der Waals surface area contributed by atoms with Gasteiger partial charge in [0, 0.05) is 5.56 Å². The van der Waals surface area contributed by atoms with Gasteiger partial charge in [-0.25, -0.2) is 0 Å². The van der Waals surface area contributed by atoms with Crippen LogP contribution in [0.3, 0.4) is 0 Å². The first-order valence-corrected chi connectivity index (χ1v) is 8.31. The molecule has 158 valence electrons. The van der Waals surface area contributed by atoms with Crippen LogP contribution < -0.4 is 5.32 Å². The van der Waals surface area contributed by atoms with Crippen molar-refractivity contribution in [3.8, 4) is 0 Å². The summed E-state index contributed by atoms with van der Waals surface area (Å²) in [5.41, 5.74) is -3.27. The van der Waals surface area contributed by atoms with Crippen molar-refractivity contribution in [1.82, 2.24) is 5.32 Å². The van der Waals surface area contributed by atoms with E-state index >= 15 is 0 Å². The minimum atomic E-state index is -5.06. The van der Waals surface area contributed by atoms with Crippen LogP contribution in [0.2, 0.25) is 0 Å². The van der Waals surface area contributed by atoms with Gasteiger partial charge in [0.2, 0.25) is 6.41 Å². The standard InChI is InChI=1S/C19H17F6NO3/c1-11(26-17(28)29-10-12-5-3-2-4-6-12)16(27)13-7-14(18(20,21)22)9-15(8-13)19(23,24)25/h2-9,11,17,26,28H,10H2,1H3. The Morgan fingerprint density at radius 2 is 1.52 bits per heavy atom. The van der Waals surface area contributed by atoms with E-state index < -0.39 is 47.3 Å². The number of aliphatic hydroxyl groups is 1. The Hall–Kier alpha value is -2.43. The number of aliphatic hydroxyl groups excluding tert-OH is 1. The summed E-state index contributed by atoms with van der Waals surface area (Å²) in [4.78, 5) is 12.3. The van der Waals surface area contributed by atoms with E-state index in [0.29, 0.717) is 17.7 Å². The second-order valence-electron chi connectivity index (χ2n) is 6.20. The van der Waals surface area contributed by atoms with Crippen molar-refractivity contribution in [1.29, 1.82) is 0 Å². The second kappa shape index (κ2) is 8.93. The summed E-state index contributed by atoms with van der Waals surface area (Å²) in [5, 5.41) is 12.1. The molecular weight excluding hydrogens is 404 g/mol. The minimum absolute atomic E-state index is 0.0301. The van der Waals surface area contributed by atoms with Crippen molar-refractivity contribution in [3.05, 3.63) is 70.8 Å². The van der Waals surface area contributed by atoms with Gasteiger partial charge in [0.05, 0.1) is 23.8 Å². The maximum absolute atomic E-state index is 12.9. The molecule has 0 heterocycles. The predicted octanol–water partition coefficient (Wildman–Crippen LogP) is 4.38. The molecule has 0 saturated heterocycles. The average Bonchev–Trinajstić information content (AvgIpc) is 2.64. The number of alkyl halides is 6. The van der Waals surface area contributed by atoms with Gasteiger partial charge >= 0.3 is 12.4 Å². The number of hydrogen-bond acceptors (Lipinski definition) is 4. The number of nitrogens with one attached hydrogen (secondary N) is 1. The van der Waals surface area contributed by atoms with Gasteiger partial charge < -0.3 is 9.84 Å². The zero-order valence-corrected chi connectivity index (χ0v) is 15.0. The van der Waals surface area contributed by atoms with Gasteiger partial charge in [-0.1, -0.05) is 30.3 Å². The smallest absolute Gasteiger partial charge is 0.356 e. The zero-order valence-electron chi connectivity index (χ0n) is 15.0. The molecule has 0 spiro atoms. The Labute approximate surface area is 162 Å². The third-order valence-corrected chi connectivity index (χ3v) is 3.91. The van der Waals surface area contributed by atoms with E-state index in [1.54, 1.807) is 30.3 Å². The molecule has 2 atom stereocenters. The zero-order chi connectivity index (χ0) is 21.8. The maximum Gasteiger partial charge on any atom is 0.416 e. The molecule has 29 heavy (non-hydrogen) atoms. The first-order valence-electron chi connectivity index (χ1n) is 8.31. The van der Waals surface area contributed by atoms with Crippen LogP contribution in [0.4, 0.5) is 26.3 Å². The molecule has 0 amide bonds. The monoisotopic (exact) mass is 421 g/mol. The molecule has 0 aromatic heterocycles. The second-order valence-corrected chi connectivity index (χ2v) is 6.20. The number of ether oxygens (including phenoxy) is 1. The third-order valence-electron chi connectivity index (χ3n) is 3.91. The topological polar surface area (TPSA) is 58.6 Å². The number of benzene rings is 2. The summed E-state index contributed by atoms with van der Waals surface area (Å²) >= 11 is 0. The summed E-state index contributed by atoms with van der Waals surface area (Å²) in [6.07, 6.45) is -11.8. The molecule has 2 aromatic rings. The maximum atomic E-state index is 12.9. The molecule has 0 aliphatic heterocycles. The van der Waals surface area contributed by atoms with Crippen molar-refractivity contribution in [2.75, 3.05) is 0 Å². The highest BCUT2D eigenvalue weighted by atomic mass is 19.4. The minimum Gasteiger partial charge on any atom is -0.356 e. The van der Waals surface area contributed by atoms with Gasteiger partial charge in [0.15, 0.2) is 5.78 Å². The van der Waals surface area contributed by atoms with Crippen LogP contribution in [-0.4, -0.2) is 23.3 Å². The van der Waals surface area contributed by atoms with Crippen molar-refractivity contribution >= 4 is 5.78 Å². The van der Waals surface area contributed by atoms with Crippen LogP contribution >= 0.6 is 0 Å². The molecule has 0 bridgehead atoms. The molecule has 0 fully saturated rings. The first kappa shape index (κ1) is 22.9. The van der Waals surface area contributed by atoms with Gasteiger partial charge in [-0.2, -0.15) is 26.3 Å². The quantitative estimate of drug-likeness (QED) is 0.396. The highest BCUT2D eigenvalue weighted by Crippen LogP contribution is 2.36. The van der Waals surface area contributed by atoms with Crippen LogP contribution in [0, 0.1) is 0 Å². The number of Topliss-reactive ketones (excluding diaryl/α,β-unsaturated/α-hetero) is 1. The van der Waals surface area contributed by atoms with Gasteiger partial charge in [0.25, 0.3) is 0 Å². The molecular formula is C19H17F6NO3. The number of ketones is 1. The van der Waals surface area contributed by atoms with E-state index in [1.165, 1.54) is 6.92 Å². The lowest BCUT2D eigenvalue weighted by Crippen LogP contribution is -2.42. The molecule has 0 radical (unpaired) electrons. The van der Waals surface area contributed by atoms with Crippen LogP contribution in [0.5, 0.6) is 0 Å². The lowest BCUT2D eigenvalue weighted by molar-refractivity contribution is -0.143. The van der Waals surface area contributed by atoms with E-state index in [-0.39, 0.29) is 12.7 Å². The van der Waals surface area contributed by atoms with Crippen molar-refractivity contribution < 1.29 is 41.0 Å². The fourth-order valence-electron chi connectivity index (χ4n) is 2.43. The van der Waals surface area contributed by atoms with Crippen molar-refractivity contribution in [3.63, 3.8) is 0 Å². The molecule has 2 rings (SSSR count). The largest absolute Gasteiger partial charge is 0.416 e. The normalized spacial score (nSPS) is 14.5. The SMILES string of the molecule is CC(NC(O)OCc1ccccc1)C(=O)c1cc(C(F)(F)F)cc(C(F)(F)F)c1. The number of carbonyl (C=O) groups is 1. The Kier molecular flexibility index (Phi) is 7.04. The van der Waals surface area contributed by atoms with Crippen LogP contribution in [0.1, 0.15) is 34.0 Å². The lowest BCUT2D eigenvalue weighted by atomic mass is 9.99. The molecule has 2 unspecified atom stereocenters. The van der Waals surface area contributed by atoms with Gasteiger partial charge in [-0.05, 0) is 30.7 Å². The summed E-state index contributed by atoms with van der Waals surface area (Å²) in [6.45, 7) is 1.16. The average molecular weight is 421 g/mol. The Morgan fingerprint density at radius 3 is 2.00 bits per heavy atom. The fourth-order valence-corrected chi connectivity index (χ4v) is 2.43. The van der Waals surface area contributed by atoms with Crippen molar-refractivity contribution in [2.45, 2.75) is 38.3 Å². The highest BCUT2D eigenvalue weighted by molar-refractivity contribution is 6.00. The molecule has 10 heteroatoms. The summed E-state index contributed by atoms with van der Waals surface area (Å²) in [6, 6.07) is 7.96. The van der Waals surface area contributed by atoms with Gasteiger partial charge in [0.1, 0.15) is 0 Å². The van der Waals surface area contributed by atoms with Crippen LogP contribution in [0.15, 0.2) is 48.5 Å². The van der Waals surface area contributed by atoms with Crippen LogP contribution in [-0.2, 0) is 23.7 Å². The van der Waals surface area contributed by atoms with E-state index in [0.717, 1.165) is 0 Å². The lowest BCUT2D eigenvalue weighted by Gasteiger charge is -2.20. The van der Waals surface area contributed by atoms with Crippen LogP contribution in [0.25, 0.3) is 0 Å². The number of rotatable bonds is 7. The molecule has 0 saturated carbocycles. The summed E-state index contributed by atoms with van der Waals surface area (Å²) in [7, 11) is 0. The van der Waals surface area contributed by atoms with Crippen molar-refractivity contribution in [2.24, 2.45) is 0 Å². The molecule has 2 aromatic carbocycles. The molecule has 0 aliphatic carbocycles. The van der Waals surface area contributed by atoms with E-state index in [4.69, 9.17) is 4.74 Å². The predicted molar refractivity (Wildman–Crippen MR) is 90.6 cm³/mol. The fraction of sp³-hybridized carbons (Fsp3) is 0.316. The third kappa shape index (κ3) is 6.55. The molecule has 2 N–H and O–H groups in total. The van der Waals surface area contributed by atoms with E-state index in [2.05, 4.69) is 5.32 Å². The highest BCUT2D eigenvalue weighted by Gasteiger charge is 2.37. The molecule has 4 nitrogen and oxygen atoms in total. The summed E-state index contributed by atoms with van der Waals surface area (Å²) < 4.78 is 82.6.